The first kappa shape index (κ1) is 13.4. The van der Waals surface area contributed by atoms with Crippen LogP contribution in [-0.2, 0) is 0 Å². The van der Waals surface area contributed by atoms with Gasteiger partial charge in [0.25, 0.3) is 0 Å². The average molecular weight is 239 g/mol. The Morgan fingerprint density at radius 2 is 2.19 bits per heavy atom. The minimum Gasteiger partial charge on any atom is -0.497 e. The summed E-state index contributed by atoms with van der Waals surface area (Å²) in [7, 11) is 3.72. The molecule has 0 bridgehead atoms. The van der Waals surface area contributed by atoms with Crippen molar-refractivity contribution in [1.82, 2.24) is 5.32 Å². The van der Waals surface area contributed by atoms with Crippen molar-refractivity contribution in [2.24, 2.45) is 0 Å². The normalized spacial score (nSPS) is 12.5. The summed E-state index contributed by atoms with van der Waals surface area (Å²) in [6.07, 6.45) is 0. The van der Waals surface area contributed by atoms with Gasteiger partial charge in [0.05, 0.1) is 7.11 Å². The van der Waals surface area contributed by atoms with Crippen LogP contribution >= 0.6 is 11.8 Å². The Morgan fingerprint density at radius 3 is 2.69 bits per heavy atom. The molecule has 0 spiro atoms. The van der Waals surface area contributed by atoms with Crippen molar-refractivity contribution in [3.8, 4) is 5.75 Å². The van der Waals surface area contributed by atoms with Crippen LogP contribution in [0.5, 0.6) is 5.75 Å². The van der Waals surface area contributed by atoms with Crippen molar-refractivity contribution in [1.29, 1.82) is 0 Å². The van der Waals surface area contributed by atoms with Crippen LogP contribution in [0.2, 0.25) is 0 Å². The first-order valence-electron chi connectivity index (χ1n) is 5.62. The fourth-order valence-corrected chi connectivity index (χ4v) is 2.55. The lowest BCUT2D eigenvalue weighted by Gasteiger charge is -2.18. The van der Waals surface area contributed by atoms with Gasteiger partial charge in [-0.15, -0.1) is 0 Å². The lowest BCUT2D eigenvalue weighted by Crippen LogP contribution is -2.19. The van der Waals surface area contributed by atoms with Crippen LogP contribution in [0, 0.1) is 6.92 Å². The number of thioether (sulfide) groups is 1. The molecule has 16 heavy (non-hydrogen) atoms. The highest BCUT2D eigenvalue weighted by atomic mass is 32.2. The molecule has 0 aromatic heterocycles. The van der Waals surface area contributed by atoms with Crippen LogP contribution in [0.15, 0.2) is 18.2 Å². The van der Waals surface area contributed by atoms with E-state index in [0.29, 0.717) is 6.04 Å². The molecule has 0 saturated carbocycles. The Balaban J connectivity index is 2.83. The Kier molecular flexibility index (Phi) is 5.71. The molecule has 0 aliphatic rings. The third-order valence-electron chi connectivity index (χ3n) is 2.69. The van der Waals surface area contributed by atoms with E-state index < -0.39 is 0 Å². The molecule has 0 heterocycles. The summed E-state index contributed by atoms with van der Waals surface area (Å²) in [5.74, 6) is 3.20. The van der Waals surface area contributed by atoms with E-state index in [-0.39, 0.29) is 0 Å². The molecule has 2 nitrogen and oxygen atoms in total. The van der Waals surface area contributed by atoms with Gasteiger partial charge in [-0.05, 0) is 43.0 Å². The summed E-state index contributed by atoms with van der Waals surface area (Å²) in [6.45, 7) is 4.33. The molecule has 0 saturated heterocycles. The van der Waals surface area contributed by atoms with Crippen molar-refractivity contribution >= 4 is 11.8 Å². The minimum atomic E-state index is 0.427. The van der Waals surface area contributed by atoms with Crippen LogP contribution < -0.4 is 10.1 Å². The van der Waals surface area contributed by atoms with E-state index in [1.807, 2.05) is 24.9 Å². The molecule has 0 amide bonds. The maximum absolute atomic E-state index is 5.22. The van der Waals surface area contributed by atoms with E-state index in [9.17, 15) is 0 Å². The molecule has 1 aromatic carbocycles. The molecule has 90 valence electrons. The zero-order valence-corrected chi connectivity index (χ0v) is 11.4. The molecule has 0 aliphatic carbocycles. The van der Waals surface area contributed by atoms with Gasteiger partial charge in [-0.1, -0.05) is 13.0 Å². The van der Waals surface area contributed by atoms with Crippen LogP contribution in [0.1, 0.15) is 24.1 Å². The van der Waals surface area contributed by atoms with Gasteiger partial charge < -0.3 is 10.1 Å². The highest BCUT2D eigenvalue weighted by Gasteiger charge is 2.11. The molecular formula is C13H21NOS. The molecule has 1 rings (SSSR count). The van der Waals surface area contributed by atoms with Crippen molar-refractivity contribution in [2.75, 3.05) is 25.7 Å². The second-order valence-corrected chi connectivity index (χ2v) is 5.04. The quantitative estimate of drug-likeness (QED) is 0.824. The largest absolute Gasteiger partial charge is 0.497 e. The van der Waals surface area contributed by atoms with Crippen molar-refractivity contribution < 1.29 is 4.74 Å². The number of ether oxygens (including phenoxy) is 1. The summed E-state index contributed by atoms with van der Waals surface area (Å²) >= 11 is 1.96. The number of benzene rings is 1. The number of aryl methyl sites for hydroxylation is 1. The molecule has 0 aliphatic heterocycles. The van der Waals surface area contributed by atoms with Crippen LogP contribution in [0.4, 0.5) is 0 Å². The zero-order valence-electron chi connectivity index (χ0n) is 10.5. The number of hydrogen-bond donors (Lipinski definition) is 1. The molecule has 3 heteroatoms. The third kappa shape index (κ3) is 3.42. The average Bonchev–Trinajstić information content (AvgIpc) is 2.31. The van der Waals surface area contributed by atoms with Gasteiger partial charge in [0, 0.05) is 11.8 Å². The molecule has 1 N–H and O–H groups in total. The van der Waals surface area contributed by atoms with Gasteiger partial charge in [0.2, 0.25) is 0 Å². The van der Waals surface area contributed by atoms with Gasteiger partial charge in [-0.25, -0.2) is 0 Å². The molecule has 1 atom stereocenters. The summed E-state index contributed by atoms with van der Waals surface area (Å²) in [4.78, 5) is 0. The topological polar surface area (TPSA) is 21.3 Å². The van der Waals surface area contributed by atoms with Crippen LogP contribution in [0.3, 0.4) is 0 Å². The van der Waals surface area contributed by atoms with Gasteiger partial charge in [-0.2, -0.15) is 11.8 Å². The third-order valence-corrected chi connectivity index (χ3v) is 3.67. The molecule has 1 unspecified atom stereocenters. The Hall–Kier alpha value is -0.670. The first-order chi connectivity index (χ1) is 7.72. The highest BCUT2D eigenvalue weighted by Crippen LogP contribution is 2.24. The number of nitrogens with one attached hydrogen (secondary N) is 1. The number of rotatable bonds is 6. The van der Waals surface area contributed by atoms with Gasteiger partial charge >= 0.3 is 0 Å². The fraction of sp³-hybridized carbons (Fsp3) is 0.538. The van der Waals surface area contributed by atoms with E-state index in [1.165, 1.54) is 11.1 Å². The number of hydrogen-bond acceptors (Lipinski definition) is 3. The number of methoxy groups -OCH3 is 1. The predicted octanol–water partition coefficient (Wildman–Crippen LogP) is 3.02. The minimum absolute atomic E-state index is 0.427. The smallest absolute Gasteiger partial charge is 0.119 e. The summed E-state index contributed by atoms with van der Waals surface area (Å²) in [5.41, 5.74) is 2.65. The van der Waals surface area contributed by atoms with Crippen molar-refractivity contribution in [3.05, 3.63) is 29.3 Å². The maximum Gasteiger partial charge on any atom is 0.119 e. The lowest BCUT2D eigenvalue weighted by molar-refractivity contribution is 0.414. The van der Waals surface area contributed by atoms with Crippen LogP contribution in [-0.4, -0.2) is 25.7 Å². The van der Waals surface area contributed by atoms with E-state index in [1.54, 1.807) is 7.11 Å². The van der Waals surface area contributed by atoms with E-state index in [0.717, 1.165) is 17.3 Å². The summed E-state index contributed by atoms with van der Waals surface area (Å²) in [5, 5.41) is 3.37. The predicted molar refractivity (Wildman–Crippen MR) is 72.5 cm³/mol. The highest BCUT2D eigenvalue weighted by molar-refractivity contribution is 7.99. The standard InChI is InChI=1S/C13H21NOS/c1-5-16-9-13(14-3)12-7-6-11(15-4)8-10(12)2/h6-8,13-14H,5,9H2,1-4H3. The van der Waals surface area contributed by atoms with Crippen LogP contribution in [0.25, 0.3) is 0 Å². The lowest BCUT2D eigenvalue weighted by atomic mass is 10.0. The molecule has 0 radical (unpaired) electrons. The van der Waals surface area contributed by atoms with E-state index in [2.05, 4.69) is 31.3 Å². The second-order valence-electron chi connectivity index (χ2n) is 3.72. The Morgan fingerprint density at radius 1 is 1.44 bits per heavy atom. The maximum atomic E-state index is 5.22. The van der Waals surface area contributed by atoms with Gasteiger partial charge in [0.15, 0.2) is 0 Å². The first-order valence-corrected chi connectivity index (χ1v) is 6.78. The monoisotopic (exact) mass is 239 g/mol. The van der Waals surface area contributed by atoms with E-state index in [4.69, 9.17) is 4.74 Å². The summed E-state index contributed by atoms with van der Waals surface area (Å²) < 4.78 is 5.22. The van der Waals surface area contributed by atoms with Gasteiger partial charge in [-0.3, -0.25) is 0 Å². The summed E-state index contributed by atoms with van der Waals surface area (Å²) in [6, 6.07) is 6.71. The zero-order chi connectivity index (χ0) is 12.0. The van der Waals surface area contributed by atoms with Crippen molar-refractivity contribution in [3.63, 3.8) is 0 Å². The Bertz CT molecular complexity index is 328. The van der Waals surface area contributed by atoms with Crippen molar-refractivity contribution in [2.45, 2.75) is 19.9 Å². The van der Waals surface area contributed by atoms with E-state index >= 15 is 0 Å². The molecular weight excluding hydrogens is 218 g/mol. The molecule has 1 aromatic rings. The fourth-order valence-electron chi connectivity index (χ4n) is 1.73. The second kappa shape index (κ2) is 6.81. The molecule has 0 fully saturated rings. The van der Waals surface area contributed by atoms with Gasteiger partial charge in [0.1, 0.15) is 5.75 Å². The Labute approximate surface area is 103 Å². The SMILES string of the molecule is CCSCC(NC)c1ccc(OC)cc1C.